The van der Waals surface area contributed by atoms with E-state index in [0.717, 1.165) is 0 Å². The Labute approximate surface area is 118 Å². The first kappa shape index (κ1) is 16.0. The molecule has 0 amide bonds. The quantitative estimate of drug-likeness (QED) is 0.317. The number of aliphatic hydroxyl groups is 2. The van der Waals surface area contributed by atoms with Gasteiger partial charge in [0.25, 0.3) is 0 Å². The van der Waals surface area contributed by atoms with Crippen molar-refractivity contribution in [2.75, 3.05) is 6.61 Å². The summed E-state index contributed by atoms with van der Waals surface area (Å²) in [7, 11) is 0. The highest BCUT2D eigenvalue weighted by molar-refractivity contribution is 6.10. The molecule has 3 N–H and O–H groups in total. The third kappa shape index (κ3) is 4.54. The highest BCUT2D eigenvalue weighted by Crippen LogP contribution is 2.22. The molecule has 4 nitrogen and oxygen atoms in total. The molecule has 0 spiro atoms. The molecular weight excluding hydrogens is 256 g/mol. The van der Waals surface area contributed by atoms with Gasteiger partial charge in [-0.2, -0.15) is 0 Å². The molecule has 0 bridgehead atoms. The van der Waals surface area contributed by atoms with Crippen LogP contribution in [0, 0.1) is 11.8 Å². The molecule has 1 rings (SSSR count). The van der Waals surface area contributed by atoms with Gasteiger partial charge in [-0.05, 0) is 30.9 Å². The third-order valence-electron chi connectivity index (χ3n) is 2.76. The summed E-state index contributed by atoms with van der Waals surface area (Å²) in [4.78, 5) is 12.0. The average molecular weight is 274 g/mol. The van der Waals surface area contributed by atoms with Crippen molar-refractivity contribution in [2.45, 2.75) is 25.4 Å². The molecule has 0 aliphatic rings. The van der Waals surface area contributed by atoms with Crippen LogP contribution in [0.2, 0.25) is 0 Å². The van der Waals surface area contributed by atoms with Crippen molar-refractivity contribution in [1.29, 1.82) is 0 Å². The smallest absolute Gasteiger partial charge is 0.236 e. The van der Waals surface area contributed by atoms with E-state index in [2.05, 4.69) is 18.4 Å². The molecule has 0 saturated carbocycles. The second-order valence-corrected chi connectivity index (χ2v) is 4.30. The summed E-state index contributed by atoms with van der Waals surface area (Å²) in [5, 5.41) is 27.5. The van der Waals surface area contributed by atoms with Crippen LogP contribution >= 0.6 is 0 Å². The minimum absolute atomic E-state index is 0.0493. The number of hydrogen-bond acceptors (Lipinski definition) is 4. The first-order valence-electron chi connectivity index (χ1n) is 6.34. The Morgan fingerprint density at radius 3 is 2.85 bits per heavy atom. The average Bonchev–Trinajstić information content (AvgIpc) is 2.45. The van der Waals surface area contributed by atoms with Gasteiger partial charge in [-0.1, -0.05) is 18.1 Å². The molecule has 1 aromatic rings. The van der Waals surface area contributed by atoms with E-state index in [1.807, 2.05) is 0 Å². The number of carbonyl (C=O) groups excluding carboxylic acids is 1. The van der Waals surface area contributed by atoms with Gasteiger partial charge in [0.15, 0.2) is 0 Å². The van der Waals surface area contributed by atoms with E-state index in [4.69, 9.17) is 10.2 Å². The van der Waals surface area contributed by atoms with Crippen molar-refractivity contribution in [1.82, 2.24) is 0 Å². The van der Waals surface area contributed by atoms with Gasteiger partial charge in [-0.15, -0.1) is 6.58 Å². The molecule has 20 heavy (non-hydrogen) atoms. The lowest BCUT2D eigenvalue weighted by Crippen LogP contribution is -2.10. The van der Waals surface area contributed by atoms with Gasteiger partial charge in [0, 0.05) is 17.5 Å². The maximum atomic E-state index is 12.0. The third-order valence-corrected chi connectivity index (χ3v) is 2.76. The lowest BCUT2D eigenvalue weighted by molar-refractivity contribution is 0.0895. The minimum Gasteiger partial charge on any atom is -0.508 e. The van der Waals surface area contributed by atoms with Gasteiger partial charge in [-0.25, -0.2) is 0 Å². The second kappa shape index (κ2) is 8.16. The number of rotatable bonds is 6. The summed E-state index contributed by atoms with van der Waals surface area (Å²) in [6.07, 6.45) is 1.83. The second-order valence-electron chi connectivity index (χ2n) is 4.30. The number of allylic oxidation sites excluding steroid dienone is 1. The zero-order chi connectivity index (χ0) is 15.0. The van der Waals surface area contributed by atoms with E-state index in [-0.39, 0.29) is 18.1 Å². The van der Waals surface area contributed by atoms with E-state index < -0.39 is 6.10 Å². The van der Waals surface area contributed by atoms with Gasteiger partial charge in [0.2, 0.25) is 5.78 Å². The highest BCUT2D eigenvalue weighted by atomic mass is 16.3. The van der Waals surface area contributed by atoms with Crippen molar-refractivity contribution in [3.05, 3.63) is 42.0 Å². The van der Waals surface area contributed by atoms with E-state index >= 15 is 0 Å². The Morgan fingerprint density at radius 2 is 2.20 bits per heavy atom. The Balaban J connectivity index is 2.80. The van der Waals surface area contributed by atoms with Gasteiger partial charge >= 0.3 is 0 Å². The number of aromatic hydroxyl groups is 1. The summed E-state index contributed by atoms with van der Waals surface area (Å²) >= 11 is 0. The van der Waals surface area contributed by atoms with Crippen LogP contribution in [0.25, 0.3) is 0 Å². The number of carbonyl (C=O) groups is 1. The van der Waals surface area contributed by atoms with Crippen LogP contribution in [-0.4, -0.2) is 33.8 Å². The molecule has 0 aliphatic heterocycles. The van der Waals surface area contributed by atoms with Gasteiger partial charge in [0.05, 0.1) is 12.7 Å². The zero-order valence-corrected chi connectivity index (χ0v) is 11.2. The molecule has 0 fully saturated rings. The molecule has 4 heteroatoms. The van der Waals surface area contributed by atoms with Crippen LogP contribution in [-0.2, 0) is 6.42 Å². The van der Waals surface area contributed by atoms with Gasteiger partial charge in [-0.3, -0.25) is 4.79 Å². The predicted molar refractivity (Wildman–Crippen MR) is 76.4 cm³/mol. The maximum Gasteiger partial charge on any atom is 0.236 e. The Hall–Kier alpha value is -2.09. The lowest BCUT2D eigenvalue weighted by atomic mass is 10.00. The largest absolute Gasteiger partial charge is 0.508 e. The van der Waals surface area contributed by atoms with Crippen LogP contribution in [0.5, 0.6) is 5.75 Å². The summed E-state index contributed by atoms with van der Waals surface area (Å²) in [5.74, 6) is 4.81. The van der Waals surface area contributed by atoms with Crippen molar-refractivity contribution in [2.24, 2.45) is 0 Å². The van der Waals surface area contributed by atoms with Crippen molar-refractivity contribution in [3.63, 3.8) is 0 Å². The fourth-order valence-electron chi connectivity index (χ4n) is 1.69. The number of benzene rings is 1. The molecule has 1 atom stereocenters. The Kier molecular flexibility index (Phi) is 6.51. The summed E-state index contributed by atoms with van der Waals surface area (Å²) in [6.45, 7) is 3.28. The topological polar surface area (TPSA) is 77.8 Å². The van der Waals surface area contributed by atoms with Crippen LogP contribution in [0.1, 0.15) is 28.8 Å². The molecule has 1 unspecified atom stereocenters. The number of aliphatic hydroxyl groups excluding tert-OH is 2. The first-order chi connectivity index (χ1) is 9.60. The zero-order valence-electron chi connectivity index (χ0n) is 11.2. The Morgan fingerprint density at radius 1 is 1.45 bits per heavy atom. The lowest BCUT2D eigenvalue weighted by Gasteiger charge is -2.06. The molecule has 0 aliphatic carbocycles. The highest BCUT2D eigenvalue weighted by Gasteiger charge is 2.11. The van der Waals surface area contributed by atoms with Crippen LogP contribution in [0.4, 0.5) is 0 Å². The summed E-state index contributed by atoms with van der Waals surface area (Å²) in [6, 6.07) is 4.71. The molecule has 1 aromatic carbocycles. The van der Waals surface area contributed by atoms with Crippen LogP contribution in [0.15, 0.2) is 30.9 Å². The maximum absolute atomic E-state index is 12.0. The molecule has 0 heterocycles. The molecule has 0 saturated heterocycles. The van der Waals surface area contributed by atoms with Crippen LogP contribution in [0.3, 0.4) is 0 Å². The number of ketones is 1. The van der Waals surface area contributed by atoms with Crippen molar-refractivity contribution < 1.29 is 20.1 Å². The van der Waals surface area contributed by atoms with Crippen molar-refractivity contribution in [3.8, 4) is 17.6 Å². The standard InChI is InChI=1S/C16H18O4/c1-2-6-13-14(8-5-10-16(13)20)15(19)9-4-3-7-12(18)11-17/h2,5,8,10,12,17-18,20H,1,3,6-7,11H2. The van der Waals surface area contributed by atoms with E-state index in [1.54, 1.807) is 18.2 Å². The van der Waals surface area contributed by atoms with E-state index in [9.17, 15) is 9.90 Å². The minimum atomic E-state index is -0.809. The summed E-state index contributed by atoms with van der Waals surface area (Å²) < 4.78 is 0. The first-order valence-corrected chi connectivity index (χ1v) is 6.34. The SMILES string of the molecule is C=CCc1c(O)cccc1C(=O)C#CCCC(O)CO. The van der Waals surface area contributed by atoms with Crippen LogP contribution < -0.4 is 0 Å². The molecule has 0 radical (unpaired) electrons. The summed E-state index contributed by atoms with van der Waals surface area (Å²) in [5.41, 5.74) is 0.872. The van der Waals surface area contributed by atoms with E-state index in [1.165, 1.54) is 6.07 Å². The number of phenolic OH excluding ortho intramolecular Hbond substituents is 1. The normalized spacial score (nSPS) is 11.3. The molecule has 0 aromatic heterocycles. The molecule has 106 valence electrons. The number of Topliss-reactive ketones (excluding diaryl/α,β-unsaturated/α-hetero) is 1. The monoisotopic (exact) mass is 274 g/mol. The Bertz CT molecular complexity index is 537. The van der Waals surface area contributed by atoms with Crippen molar-refractivity contribution >= 4 is 5.78 Å². The number of hydrogen-bond donors (Lipinski definition) is 3. The fraction of sp³-hybridized carbons (Fsp3) is 0.312. The fourth-order valence-corrected chi connectivity index (χ4v) is 1.69. The predicted octanol–water partition coefficient (Wildman–Crippen LogP) is 1.44. The molecular formula is C16H18O4. The van der Waals surface area contributed by atoms with E-state index in [0.29, 0.717) is 30.4 Å². The van der Waals surface area contributed by atoms with Gasteiger partial charge < -0.3 is 15.3 Å². The van der Waals surface area contributed by atoms with Gasteiger partial charge in [0.1, 0.15) is 5.75 Å². The number of phenols is 1.